The lowest BCUT2D eigenvalue weighted by atomic mass is 9.95. The molecule has 0 amide bonds. The molecule has 0 spiro atoms. The Balaban J connectivity index is 2.82. The summed E-state index contributed by atoms with van der Waals surface area (Å²) in [6, 6.07) is 4.02. The number of halogens is 2. The first kappa shape index (κ1) is 18.5. The van der Waals surface area contributed by atoms with Gasteiger partial charge in [-0.15, -0.1) is 0 Å². The Bertz CT molecular complexity index is 481. The second kappa shape index (κ2) is 8.15. The fourth-order valence-electron chi connectivity index (χ4n) is 1.71. The highest BCUT2D eigenvalue weighted by atomic mass is 79.9. The van der Waals surface area contributed by atoms with Gasteiger partial charge in [-0.2, -0.15) is 0 Å². The number of hydrogen-bond donors (Lipinski definition) is 1. The normalized spacial score (nSPS) is 11.3. The van der Waals surface area contributed by atoms with Crippen molar-refractivity contribution in [2.75, 3.05) is 20.3 Å². The molecule has 1 rings (SSSR count). The Morgan fingerprint density at radius 3 is 2.33 bits per heavy atom. The SMILES string of the molecule is CCNCc1cc(Br)c(OCC(C)(C)C(=O)OC)c(Br)c1. The first-order valence-electron chi connectivity index (χ1n) is 6.71. The maximum atomic E-state index is 11.7. The Morgan fingerprint density at radius 2 is 1.86 bits per heavy atom. The van der Waals surface area contributed by atoms with Crippen molar-refractivity contribution in [3.8, 4) is 5.75 Å². The monoisotopic (exact) mass is 421 g/mol. The maximum absolute atomic E-state index is 11.7. The van der Waals surface area contributed by atoms with Crippen LogP contribution in [0, 0.1) is 5.41 Å². The molecule has 0 aliphatic rings. The van der Waals surface area contributed by atoms with Crippen LogP contribution < -0.4 is 10.1 Å². The van der Waals surface area contributed by atoms with Crippen molar-refractivity contribution in [1.29, 1.82) is 0 Å². The van der Waals surface area contributed by atoms with Gasteiger partial charge in [0.15, 0.2) is 0 Å². The van der Waals surface area contributed by atoms with Gasteiger partial charge in [0.05, 0.1) is 21.5 Å². The van der Waals surface area contributed by atoms with E-state index in [4.69, 9.17) is 9.47 Å². The molecule has 0 heterocycles. The minimum absolute atomic E-state index is 0.240. The van der Waals surface area contributed by atoms with Crippen LogP contribution in [0.4, 0.5) is 0 Å². The lowest BCUT2D eigenvalue weighted by Gasteiger charge is -2.22. The molecular formula is C15H21Br2NO3. The number of carbonyl (C=O) groups excluding carboxylic acids is 1. The van der Waals surface area contributed by atoms with Crippen LogP contribution in [-0.2, 0) is 16.1 Å². The van der Waals surface area contributed by atoms with E-state index in [1.165, 1.54) is 7.11 Å². The van der Waals surface area contributed by atoms with Crippen molar-refractivity contribution in [2.45, 2.75) is 27.3 Å². The minimum atomic E-state index is -0.698. The summed E-state index contributed by atoms with van der Waals surface area (Å²) in [4.78, 5) is 11.7. The van der Waals surface area contributed by atoms with E-state index in [0.717, 1.165) is 27.6 Å². The fourth-order valence-corrected chi connectivity index (χ4v) is 3.22. The van der Waals surface area contributed by atoms with Gasteiger partial charge in [-0.3, -0.25) is 4.79 Å². The Kier molecular flexibility index (Phi) is 7.16. The standard InChI is InChI=1S/C15H21Br2NO3/c1-5-18-8-10-6-11(16)13(12(17)7-10)21-9-15(2,3)14(19)20-4/h6-7,18H,5,8-9H2,1-4H3. The lowest BCUT2D eigenvalue weighted by Crippen LogP contribution is -2.32. The number of ether oxygens (including phenoxy) is 2. The molecule has 0 bridgehead atoms. The molecule has 0 unspecified atom stereocenters. The maximum Gasteiger partial charge on any atom is 0.314 e. The summed E-state index contributed by atoms with van der Waals surface area (Å²) < 4.78 is 12.3. The highest BCUT2D eigenvalue weighted by Crippen LogP contribution is 2.36. The highest BCUT2D eigenvalue weighted by Gasteiger charge is 2.30. The average molecular weight is 423 g/mol. The van der Waals surface area contributed by atoms with Crippen LogP contribution in [0.1, 0.15) is 26.3 Å². The van der Waals surface area contributed by atoms with Gasteiger partial charge in [0.25, 0.3) is 0 Å². The van der Waals surface area contributed by atoms with Crippen molar-refractivity contribution in [1.82, 2.24) is 5.32 Å². The summed E-state index contributed by atoms with van der Waals surface area (Å²) in [7, 11) is 1.38. The molecule has 1 aromatic rings. The largest absolute Gasteiger partial charge is 0.490 e. The minimum Gasteiger partial charge on any atom is -0.490 e. The molecule has 0 aromatic heterocycles. The number of benzene rings is 1. The quantitative estimate of drug-likeness (QED) is 0.677. The highest BCUT2D eigenvalue weighted by molar-refractivity contribution is 9.11. The molecule has 0 aliphatic heterocycles. The second-order valence-electron chi connectivity index (χ2n) is 5.33. The molecule has 118 valence electrons. The molecule has 6 heteroatoms. The zero-order chi connectivity index (χ0) is 16.0. The van der Waals surface area contributed by atoms with E-state index in [1.807, 2.05) is 12.1 Å². The van der Waals surface area contributed by atoms with E-state index >= 15 is 0 Å². The third-order valence-electron chi connectivity index (χ3n) is 2.95. The smallest absolute Gasteiger partial charge is 0.314 e. The molecule has 0 aliphatic carbocycles. The fraction of sp³-hybridized carbons (Fsp3) is 0.533. The van der Waals surface area contributed by atoms with E-state index in [-0.39, 0.29) is 12.6 Å². The van der Waals surface area contributed by atoms with Crippen molar-refractivity contribution in [2.24, 2.45) is 5.41 Å². The van der Waals surface area contributed by atoms with Crippen LogP contribution in [0.3, 0.4) is 0 Å². The molecule has 0 atom stereocenters. The van der Waals surface area contributed by atoms with Crippen molar-refractivity contribution in [3.05, 3.63) is 26.6 Å². The van der Waals surface area contributed by atoms with Crippen LogP contribution in [0.15, 0.2) is 21.1 Å². The number of carbonyl (C=O) groups is 1. The van der Waals surface area contributed by atoms with Crippen molar-refractivity contribution in [3.63, 3.8) is 0 Å². The van der Waals surface area contributed by atoms with Gasteiger partial charge < -0.3 is 14.8 Å². The average Bonchev–Trinajstić information content (AvgIpc) is 2.43. The summed E-state index contributed by atoms with van der Waals surface area (Å²) in [6.07, 6.45) is 0. The number of nitrogens with one attached hydrogen (secondary N) is 1. The third kappa shape index (κ3) is 5.27. The number of rotatable bonds is 7. The predicted octanol–water partition coefficient (Wildman–Crippen LogP) is 3.90. The summed E-state index contributed by atoms with van der Waals surface area (Å²) >= 11 is 7.03. The molecular weight excluding hydrogens is 402 g/mol. The van der Waals surface area contributed by atoms with E-state index in [0.29, 0.717) is 5.75 Å². The van der Waals surface area contributed by atoms with Crippen LogP contribution >= 0.6 is 31.9 Å². The van der Waals surface area contributed by atoms with Gasteiger partial charge in [-0.05, 0) is 69.9 Å². The summed E-state index contributed by atoms with van der Waals surface area (Å²) in [5.74, 6) is 0.394. The van der Waals surface area contributed by atoms with Gasteiger partial charge in [0.2, 0.25) is 0 Å². The van der Waals surface area contributed by atoms with E-state index in [1.54, 1.807) is 13.8 Å². The van der Waals surface area contributed by atoms with Crippen molar-refractivity contribution >= 4 is 37.8 Å². The number of esters is 1. The Labute approximate surface area is 142 Å². The summed E-state index contributed by atoms with van der Waals surface area (Å²) in [5, 5.41) is 3.27. The van der Waals surface area contributed by atoms with E-state index < -0.39 is 5.41 Å². The summed E-state index contributed by atoms with van der Waals surface area (Å²) in [6.45, 7) is 7.60. The van der Waals surface area contributed by atoms with Gasteiger partial charge in [-0.1, -0.05) is 6.92 Å². The zero-order valence-electron chi connectivity index (χ0n) is 12.8. The first-order valence-corrected chi connectivity index (χ1v) is 8.30. The molecule has 0 fully saturated rings. The second-order valence-corrected chi connectivity index (χ2v) is 7.04. The molecule has 0 saturated heterocycles. The molecule has 1 aromatic carbocycles. The lowest BCUT2D eigenvalue weighted by molar-refractivity contribution is -0.152. The van der Waals surface area contributed by atoms with Gasteiger partial charge in [-0.25, -0.2) is 0 Å². The van der Waals surface area contributed by atoms with Crippen LogP contribution in [0.2, 0.25) is 0 Å². The van der Waals surface area contributed by atoms with Crippen LogP contribution in [0.25, 0.3) is 0 Å². The number of methoxy groups -OCH3 is 1. The van der Waals surface area contributed by atoms with E-state index in [2.05, 4.69) is 44.1 Å². The van der Waals surface area contributed by atoms with Crippen molar-refractivity contribution < 1.29 is 14.3 Å². The Hall–Kier alpha value is -0.590. The molecule has 4 nitrogen and oxygen atoms in total. The third-order valence-corrected chi connectivity index (χ3v) is 4.13. The summed E-state index contributed by atoms with van der Waals surface area (Å²) in [5.41, 5.74) is 0.450. The first-order chi connectivity index (χ1) is 9.81. The number of hydrogen-bond acceptors (Lipinski definition) is 4. The molecule has 0 radical (unpaired) electrons. The Morgan fingerprint density at radius 1 is 1.29 bits per heavy atom. The topological polar surface area (TPSA) is 47.6 Å². The molecule has 0 saturated carbocycles. The van der Waals surface area contributed by atoms with Gasteiger partial charge >= 0.3 is 5.97 Å². The van der Waals surface area contributed by atoms with E-state index in [9.17, 15) is 4.79 Å². The zero-order valence-corrected chi connectivity index (χ0v) is 15.9. The van der Waals surface area contributed by atoms with Crippen LogP contribution in [-0.4, -0.2) is 26.2 Å². The molecule has 1 N–H and O–H groups in total. The predicted molar refractivity (Wildman–Crippen MR) is 90.5 cm³/mol. The van der Waals surface area contributed by atoms with Gasteiger partial charge in [0.1, 0.15) is 12.4 Å². The van der Waals surface area contributed by atoms with Crippen LogP contribution in [0.5, 0.6) is 5.75 Å². The van der Waals surface area contributed by atoms with Gasteiger partial charge in [0, 0.05) is 6.54 Å². The molecule has 21 heavy (non-hydrogen) atoms.